The number of esters is 1. The number of halogens is 1. The van der Waals surface area contributed by atoms with E-state index in [0.717, 1.165) is 24.0 Å². The Morgan fingerprint density at radius 3 is 2.61 bits per heavy atom. The summed E-state index contributed by atoms with van der Waals surface area (Å²) in [5, 5.41) is 0.634. The molecule has 0 bridgehead atoms. The second kappa shape index (κ2) is 11.4. The molecule has 0 aliphatic carbocycles. The van der Waals surface area contributed by atoms with Gasteiger partial charge in [-0.05, 0) is 60.9 Å². The van der Waals surface area contributed by atoms with Gasteiger partial charge in [0.25, 0.3) is 0 Å². The molecule has 5 heteroatoms. The van der Waals surface area contributed by atoms with Gasteiger partial charge >= 0.3 is 5.97 Å². The third kappa shape index (κ3) is 6.93. The van der Waals surface area contributed by atoms with Gasteiger partial charge < -0.3 is 14.2 Å². The van der Waals surface area contributed by atoms with Crippen molar-refractivity contribution in [1.29, 1.82) is 0 Å². The summed E-state index contributed by atoms with van der Waals surface area (Å²) in [6.07, 6.45) is 7.66. The summed E-state index contributed by atoms with van der Waals surface area (Å²) in [5.41, 5.74) is 1.67. The van der Waals surface area contributed by atoms with Gasteiger partial charge in [0, 0.05) is 11.1 Å². The van der Waals surface area contributed by atoms with E-state index in [1.165, 1.54) is 18.9 Å². The van der Waals surface area contributed by atoms with Gasteiger partial charge in [-0.25, -0.2) is 4.79 Å². The minimum absolute atomic E-state index is 0.459. The summed E-state index contributed by atoms with van der Waals surface area (Å²) >= 11 is 5.98. The first-order valence-electron chi connectivity index (χ1n) is 9.50. The minimum atomic E-state index is -0.461. The largest absolute Gasteiger partial charge is 0.493 e. The molecule has 0 saturated carbocycles. The molecule has 0 aliphatic rings. The maximum absolute atomic E-state index is 12.0. The summed E-state index contributed by atoms with van der Waals surface area (Å²) in [6.45, 7) is 4.70. The summed E-state index contributed by atoms with van der Waals surface area (Å²) in [7, 11) is 1.60. The summed E-state index contributed by atoms with van der Waals surface area (Å²) in [6, 6.07) is 10.7. The van der Waals surface area contributed by atoms with Crippen LogP contribution in [0, 0.1) is 6.92 Å². The molecule has 28 heavy (non-hydrogen) atoms. The second-order valence-electron chi connectivity index (χ2n) is 6.48. The number of hydrogen-bond donors (Lipinski definition) is 0. The standard InChI is InChI=1S/C23H27ClO4/c1-4-5-6-7-14-27-21-12-8-18(16-22(21)26-3)9-13-23(25)28-19-10-11-20(24)17(2)15-19/h8-13,15-16H,4-7,14H2,1-3H3/b13-9+. The molecule has 0 fully saturated rings. The quantitative estimate of drug-likeness (QED) is 0.204. The number of ether oxygens (including phenoxy) is 3. The number of hydrogen-bond acceptors (Lipinski definition) is 4. The lowest BCUT2D eigenvalue weighted by molar-refractivity contribution is -0.128. The smallest absolute Gasteiger partial charge is 0.336 e. The Hall–Kier alpha value is -2.46. The van der Waals surface area contributed by atoms with E-state index in [1.807, 2.05) is 25.1 Å². The molecule has 0 unspecified atom stereocenters. The monoisotopic (exact) mass is 402 g/mol. The Morgan fingerprint density at radius 2 is 1.89 bits per heavy atom. The maximum Gasteiger partial charge on any atom is 0.336 e. The SMILES string of the molecule is CCCCCCOc1ccc(/C=C/C(=O)Oc2ccc(Cl)c(C)c2)cc1OC. The van der Waals surface area contributed by atoms with Crippen molar-refractivity contribution < 1.29 is 19.0 Å². The molecule has 0 aliphatic heterocycles. The third-order valence-electron chi connectivity index (χ3n) is 4.20. The first kappa shape index (κ1) is 21.8. The number of aryl methyl sites for hydroxylation is 1. The summed E-state index contributed by atoms with van der Waals surface area (Å²) < 4.78 is 16.5. The molecule has 0 radical (unpaired) electrons. The molecule has 4 nitrogen and oxygen atoms in total. The maximum atomic E-state index is 12.0. The molecule has 0 atom stereocenters. The van der Waals surface area contributed by atoms with E-state index >= 15 is 0 Å². The van der Waals surface area contributed by atoms with Crippen molar-refractivity contribution in [2.75, 3.05) is 13.7 Å². The highest BCUT2D eigenvalue weighted by Crippen LogP contribution is 2.29. The van der Waals surface area contributed by atoms with Crippen molar-refractivity contribution in [3.05, 3.63) is 58.6 Å². The van der Waals surface area contributed by atoms with Crippen molar-refractivity contribution in [3.63, 3.8) is 0 Å². The lowest BCUT2D eigenvalue weighted by atomic mass is 10.2. The lowest BCUT2D eigenvalue weighted by Gasteiger charge is -2.11. The van der Waals surface area contributed by atoms with Crippen molar-refractivity contribution in [2.24, 2.45) is 0 Å². The number of rotatable bonds is 10. The Bertz CT molecular complexity index is 814. The van der Waals surface area contributed by atoms with Crippen molar-refractivity contribution in [2.45, 2.75) is 39.5 Å². The fraction of sp³-hybridized carbons (Fsp3) is 0.348. The molecule has 0 saturated heterocycles. The molecule has 0 heterocycles. The summed E-state index contributed by atoms with van der Waals surface area (Å²) in [4.78, 5) is 12.0. The lowest BCUT2D eigenvalue weighted by Crippen LogP contribution is -2.03. The van der Waals surface area contributed by atoms with Gasteiger partial charge in [-0.1, -0.05) is 43.9 Å². The zero-order valence-corrected chi connectivity index (χ0v) is 17.4. The Labute approximate surface area is 172 Å². The number of carbonyl (C=O) groups is 1. The average Bonchev–Trinajstić information content (AvgIpc) is 2.69. The second-order valence-corrected chi connectivity index (χ2v) is 6.89. The Morgan fingerprint density at radius 1 is 1.07 bits per heavy atom. The van der Waals surface area contributed by atoms with Gasteiger partial charge in [0.2, 0.25) is 0 Å². The van der Waals surface area contributed by atoms with Gasteiger partial charge in [0.1, 0.15) is 5.75 Å². The highest BCUT2D eigenvalue weighted by molar-refractivity contribution is 6.31. The van der Waals surface area contributed by atoms with E-state index in [4.69, 9.17) is 25.8 Å². The van der Waals surface area contributed by atoms with Crippen LogP contribution in [0.5, 0.6) is 17.2 Å². The predicted octanol–water partition coefficient (Wildman–Crippen LogP) is 6.23. The van der Waals surface area contributed by atoms with Gasteiger partial charge in [0.05, 0.1) is 13.7 Å². The zero-order chi connectivity index (χ0) is 20.4. The van der Waals surface area contributed by atoms with Gasteiger partial charge in [-0.3, -0.25) is 0 Å². The normalized spacial score (nSPS) is 10.9. The molecular weight excluding hydrogens is 376 g/mol. The number of unbranched alkanes of at least 4 members (excludes halogenated alkanes) is 3. The van der Waals surface area contributed by atoms with Crippen LogP contribution in [0.2, 0.25) is 5.02 Å². The number of benzene rings is 2. The van der Waals surface area contributed by atoms with Gasteiger partial charge in [-0.15, -0.1) is 0 Å². The highest BCUT2D eigenvalue weighted by Gasteiger charge is 2.06. The molecule has 2 rings (SSSR count). The van der Waals surface area contributed by atoms with E-state index in [0.29, 0.717) is 28.9 Å². The van der Waals surface area contributed by atoms with Crippen LogP contribution in [0.15, 0.2) is 42.5 Å². The number of carbonyl (C=O) groups excluding carboxylic acids is 1. The third-order valence-corrected chi connectivity index (χ3v) is 4.63. The molecule has 2 aromatic rings. The molecule has 2 aromatic carbocycles. The molecular formula is C23H27ClO4. The average molecular weight is 403 g/mol. The Kier molecular flexibility index (Phi) is 8.89. The molecule has 0 amide bonds. The topological polar surface area (TPSA) is 44.8 Å². The van der Waals surface area contributed by atoms with Crippen molar-refractivity contribution >= 4 is 23.6 Å². The Balaban J connectivity index is 1.94. The van der Waals surface area contributed by atoms with Crippen LogP contribution in [0.25, 0.3) is 6.08 Å². The van der Waals surface area contributed by atoms with Crippen LogP contribution in [0.4, 0.5) is 0 Å². The number of methoxy groups -OCH3 is 1. The fourth-order valence-electron chi connectivity index (χ4n) is 2.61. The molecule has 0 N–H and O–H groups in total. The van der Waals surface area contributed by atoms with Crippen LogP contribution in [-0.2, 0) is 4.79 Å². The zero-order valence-electron chi connectivity index (χ0n) is 16.7. The fourth-order valence-corrected chi connectivity index (χ4v) is 2.73. The van der Waals surface area contributed by atoms with Crippen LogP contribution in [0.1, 0.15) is 43.7 Å². The first-order valence-corrected chi connectivity index (χ1v) is 9.88. The first-order chi connectivity index (χ1) is 13.5. The van der Waals surface area contributed by atoms with E-state index in [1.54, 1.807) is 31.4 Å². The van der Waals surface area contributed by atoms with Crippen LogP contribution < -0.4 is 14.2 Å². The minimum Gasteiger partial charge on any atom is -0.493 e. The van der Waals surface area contributed by atoms with Crippen LogP contribution >= 0.6 is 11.6 Å². The van der Waals surface area contributed by atoms with Gasteiger partial charge in [0.15, 0.2) is 11.5 Å². The molecule has 0 aromatic heterocycles. The molecule has 0 spiro atoms. The van der Waals surface area contributed by atoms with E-state index in [9.17, 15) is 4.79 Å². The van der Waals surface area contributed by atoms with Crippen molar-refractivity contribution in [3.8, 4) is 17.2 Å². The highest BCUT2D eigenvalue weighted by atomic mass is 35.5. The molecule has 150 valence electrons. The summed E-state index contributed by atoms with van der Waals surface area (Å²) in [5.74, 6) is 1.34. The predicted molar refractivity (Wildman–Crippen MR) is 113 cm³/mol. The van der Waals surface area contributed by atoms with Crippen molar-refractivity contribution in [1.82, 2.24) is 0 Å². The van der Waals surface area contributed by atoms with E-state index in [-0.39, 0.29) is 0 Å². The van der Waals surface area contributed by atoms with Crippen LogP contribution in [-0.4, -0.2) is 19.7 Å². The van der Waals surface area contributed by atoms with Crippen LogP contribution in [0.3, 0.4) is 0 Å². The van der Waals surface area contributed by atoms with Gasteiger partial charge in [-0.2, -0.15) is 0 Å². The van der Waals surface area contributed by atoms with E-state index < -0.39 is 5.97 Å². The van der Waals surface area contributed by atoms with E-state index in [2.05, 4.69) is 6.92 Å².